The normalized spacial score (nSPS) is 10.1. The number of anilines is 1. The molecule has 2 N–H and O–H groups in total. The molecule has 0 fully saturated rings. The molecule has 22 heavy (non-hydrogen) atoms. The average molecular weight is 341 g/mol. The number of hydrogen-bond acceptors (Lipinski definition) is 2. The van der Waals surface area contributed by atoms with Crippen LogP contribution < -0.4 is 10.6 Å². The first kappa shape index (κ1) is 16.3. The Bertz CT molecular complexity index is 705. The van der Waals surface area contributed by atoms with E-state index in [1.54, 1.807) is 0 Å². The fourth-order valence-electron chi connectivity index (χ4n) is 1.63. The van der Waals surface area contributed by atoms with Gasteiger partial charge in [-0.15, -0.1) is 0 Å². The number of carbonyl (C=O) groups is 2. The number of amides is 2. The van der Waals surface area contributed by atoms with Gasteiger partial charge >= 0.3 is 11.8 Å². The van der Waals surface area contributed by atoms with Crippen LogP contribution in [0.15, 0.2) is 42.5 Å². The second-order valence-corrected chi connectivity index (χ2v) is 5.21. The average Bonchev–Trinajstić information content (AvgIpc) is 2.50. The van der Waals surface area contributed by atoms with Crippen LogP contribution in [0.3, 0.4) is 0 Å². The Kier molecular flexibility index (Phi) is 5.35. The molecule has 0 radical (unpaired) electrons. The lowest BCUT2D eigenvalue weighted by Gasteiger charge is -2.07. The Morgan fingerprint density at radius 1 is 0.955 bits per heavy atom. The van der Waals surface area contributed by atoms with Crippen molar-refractivity contribution >= 4 is 40.7 Å². The summed E-state index contributed by atoms with van der Waals surface area (Å²) in [7, 11) is 0. The van der Waals surface area contributed by atoms with Crippen molar-refractivity contribution in [1.82, 2.24) is 5.32 Å². The third-order valence-electron chi connectivity index (χ3n) is 2.75. The molecule has 0 saturated carbocycles. The maximum atomic E-state index is 12.7. The van der Waals surface area contributed by atoms with Gasteiger partial charge in [0.15, 0.2) is 0 Å². The van der Waals surface area contributed by atoms with Crippen molar-refractivity contribution in [3.8, 4) is 0 Å². The van der Waals surface area contributed by atoms with Crippen molar-refractivity contribution < 1.29 is 14.0 Å². The second-order valence-electron chi connectivity index (χ2n) is 4.39. The number of benzene rings is 2. The van der Waals surface area contributed by atoms with E-state index in [2.05, 4.69) is 10.6 Å². The minimum absolute atomic E-state index is 0.119. The van der Waals surface area contributed by atoms with Crippen molar-refractivity contribution in [3.05, 3.63) is 63.9 Å². The Morgan fingerprint density at radius 3 is 2.27 bits per heavy atom. The molecular formula is C15H11Cl2FN2O2. The molecule has 2 aromatic carbocycles. The maximum absolute atomic E-state index is 12.7. The highest BCUT2D eigenvalue weighted by Gasteiger charge is 2.13. The SMILES string of the molecule is O=C(NCc1ccc(F)cc1)C(=O)Nc1ccc(Cl)c(Cl)c1. The van der Waals surface area contributed by atoms with Crippen LogP contribution in [-0.4, -0.2) is 11.8 Å². The second kappa shape index (κ2) is 7.24. The molecule has 0 unspecified atom stereocenters. The van der Waals surface area contributed by atoms with Crippen molar-refractivity contribution in [1.29, 1.82) is 0 Å². The lowest BCUT2D eigenvalue weighted by atomic mass is 10.2. The quantitative estimate of drug-likeness (QED) is 0.841. The molecule has 0 aliphatic heterocycles. The van der Waals surface area contributed by atoms with Crippen LogP contribution in [0.4, 0.5) is 10.1 Å². The minimum Gasteiger partial charge on any atom is -0.344 e. The molecule has 7 heteroatoms. The van der Waals surface area contributed by atoms with Crippen molar-refractivity contribution in [2.24, 2.45) is 0 Å². The van der Waals surface area contributed by atoms with E-state index in [9.17, 15) is 14.0 Å². The minimum atomic E-state index is -0.833. The summed E-state index contributed by atoms with van der Waals surface area (Å²) in [6.45, 7) is 0.119. The van der Waals surface area contributed by atoms with Gasteiger partial charge in [0.1, 0.15) is 5.82 Å². The van der Waals surface area contributed by atoms with Gasteiger partial charge in [-0.1, -0.05) is 35.3 Å². The molecule has 0 aliphatic rings. The molecule has 2 amide bonds. The Balaban J connectivity index is 1.90. The number of rotatable bonds is 3. The zero-order chi connectivity index (χ0) is 16.1. The van der Waals surface area contributed by atoms with Crippen molar-refractivity contribution in [2.45, 2.75) is 6.54 Å². The maximum Gasteiger partial charge on any atom is 0.313 e. The van der Waals surface area contributed by atoms with Crippen LogP contribution in [0.2, 0.25) is 10.0 Å². The Hall–Kier alpha value is -2.11. The first-order chi connectivity index (χ1) is 10.5. The first-order valence-corrected chi connectivity index (χ1v) is 7.00. The summed E-state index contributed by atoms with van der Waals surface area (Å²) in [6, 6.07) is 10.1. The number of halogens is 3. The van der Waals surface area contributed by atoms with Crippen LogP contribution in [0, 0.1) is 5.82 Å². The summed E-state index contributed by atoms with van der Waals surface area (Å²) < 4.78 is 12.7. The van der Waals surface area contributed by atoms with E-state index in [1.165, 1.54) is 42.5 Å². The van der Waals surface area contributed by atoms with Crippen LogP contribution in [0.1, 0.15) is 5.56 Å². The predicted molar refractivity (Wildman–Crippen MR) is 83.3 cm³/mol. The molecule has 0 aromatic heterocycles. The standard InChI is InChI=1S/C15H11Cl2FN2O2/c16-12-6-5-11(7-13(12)17)20-15(22)14(21)19-8-9-1-3-10(18)4-2-9/h1-7H,8H2,(H,19,21)(H,20,22). The summed E-state index contributed by atoms with van der Waals surface area (Å²) in [4.78, 5) is 23.4. The fourth-order valence-corrected chi connectivity index (χ4v) is 1.92. The predicted octanol–water partition coefficient (Wildman–Crippen LogP) is 3.39. The third kappa shape index (κ3) is 4.44. The molecular weight excluding hydrogens is 330 g/mol. The zero-order valence-electron chi connectivity index (χ0n) is 11.2. The van der Waals surface area contributed by atoms with Crippen molar-refractivity contribution in [3.63, 3.8) is 0 Å². The molecule has 4 nitrogen and oxygen atoms in total. The molecule has 114 valence electrons. The van der Waals surface area contributed by atoms with E-state index < -0.39 is 11.8 Å². The Labute approximate surface area is 136 Å². The molecule has 2 aromatic rings. The molecule has 0 aliphatic carbocycles. The molecule has 0 spiro atoms. The molecule has 0 atom stereocenters. The van der Waals surface area contributed by atoms with E-state index in [0.29, 0.717) is 16.3 Å². The molecule has 0 saturated heterocycles. The Morgan fingerprint density at radius 2 is 1.64 bits per heavy atom. The van der Waals surface area contributed by atoms with Crippen LogP contribution in [0.25, 0.3) is 0 Å². The highest BCUT2D eigenvalue weighted by molar-refractivity contribution is 6.42. The highest BCUT2D eigenvalue weighted by atomic mass is 35.5. The van der Waals surface area contributed by atoms with Crippen molar-refractivity contribution in [2.75, 3.05) is 5.32 Å². The third-order valence-corrected chi connectivity index (χ3v) is 3.49. The van der Waals surface area contributed by atoms with E-state index in [1.807, 2.05) is 0 Å². The summed E-state index contributed by atoms with van der Waals surface area (Å²) in [5, 5.41) is 5.45. The van der Waals surface area contributed by atoms with Gasteiger partial charge in [-0.3, -0.25) is 9.59 Å². The number of carbonyl (C=O) groups excluding carboxylic acids is 2. The summed E-state index contributed by atoms with van der Waals surface area (Å²) in [6.07, 6.45) is 0. The first-order valence-electron chi connectivity index (χ1n) is 6.24. The lowest BCUT2D eigenvalue weighted by molar-refractivity contribution is -0.136. The monoisotopic (exact) mass is 340 g/mol. The van der Waals surface area contributed by atoms with Crippen LogP contribution in [0.5, 0.6) is 0 Å². The van der Waals surface area contributed by atoms with Gasteiger partial charge in [0.25, 0.3) is 0 Å². The van der Waals surface area contributed by atoms with E-state index >= 15 is 0 Å². The van der Waals surface area contributed by atoms with Gasteiger partial charge in [-0.05, 0) is 35.9 Å². The van der Waals surface area contributed by atoms with Gasteiger partial charge in [0.2, 0.25) is 0 Å². The van der Waals surface area contributed by atoms with E-state index in [4.69, 9.17) is 23.2 Å². The van der Waals surface area contributed by atoms with Gasteiger partial charge in [-0.2, -0.15) is 0 Å². The van der Waals surface area contributed by atoms with Crippen LogP contribution in [-0.2, 0) is 16.1 Å². The van der Waals surface area contributed by atoms with E-state index in [-0.39, 0.29) is 17.4 Å². The molecule has 2 rings (SSSR count). The van der Waals surface area contributed by atoms with Gasteiger partial charge in [0.05, 0.1) is 10.0 Å². The molecule has 0 bridgehead atoms. The summed E-state index contributed by atoms with van der Waals surface area (Å²) >= 11 is 11.6. The van der Waals surface area contributed by atoms with Gasteiger partial charge in [-0.25, -0.2) is 4.39 Å². The number of hydrogen-bond donors (Lipinski definition) is 2. The van der Waals surface area contributed by atoms with Gasteiger partial charge in [0, 0.05) is 12.2 Å². The highest BCUT2D eigenvalue weighted by Crippen LogP contribution is 2.24. The fraction of sp³-hybridized carbons (Fsp3) is 0.0667. The smallest absolute Gasteiger partial charge is 0.313 e. The number of nitrogens with one attached hydrogen (secondary N) is 2. The lowest BCUT2D eigenvalue weighted by Crippen LogP contribution is -2.34. The topological polar surface area (TPSA) is 58.2 Å². The molecule has 0 heterocycles. The zero-order valence-corrected chi connectivity index (χ0v) is 12.7. The van der Waals surface area contributed by atoms with E-state index in [0.717, 1.165) is 0 Å². The summed E-state index contributed by atoms with van der Waals surface area (Å²) in [5.74, 6) is -2.01. The largest absolute Gasteiger partial charge is 0.344 e. The summed E-state index contributed by atoms with van der Waals surface area (Å²) in [5.41, 5.74) is 1.04. The van der Waals surface area contributed by atoms with Gasteiger partial charge < -0.3 is 10.6 Å². The van der Waals surface area contributed by atoms with Crippen LogP contribution >= 0.6 is 23.2 Å².